The molecule has 0 atom stereocenters. The number of hydrogen-bond acceptors (Lipinski definition) is 6. The summed E-state index contributed by atoms with van der Waals surface area (Å²) in [6.45, 7) is 1.66. The van der Waals surface area contributed by atoms with E-state index in [0.717, 1.165) is 11.3 Å². The van der Waals surface area contributed by atoms with Crippen LogP contribution in [0, 0.1) is 6.92 Å². The Morgan fingerprint density at radius 1 is 1.40 bits per heavy atom. The number of rotatable bonds is 3. The van der Waals surface area contributed by atoms with Crippen molar-refractivity contribution < 1.29 is 19.8 Å². The second-order valence-corrected chi connectivity index (χ2v) is 4.99. The van der Waals surface area contributed by atoms with Crippen molar-refractivity contribution in [1.29, 1.82) is 0 Å². The molecule has 1 aromatic heterocycles. The van der Waals surface area contributed by atoms with Crippen molar-refractivity contribution in [2.24, 2.45) is 0 Å². The van der Waals surface area contributed by atoms with Gasteiger partial charge in [0, 0.05) is 11.8 Å². The number of thiazole rings is 1. The number of aryl methyl sites for hydroxylation is 1. The number of aromatic hydroxyl groups is 1. The van der Waals surface area contributed by atoms with Crippen molar-refractivity contribution in [2.45, 2.75) is 6.92 Å². The zero-order valence-corrected chi connectivity index (χ0v) is 11.2. The van der Waals surface area contributed by atoms with Gasteiger partial charge in [0.2, 0.25) is 0 Å². The Labute approximate surface area is 117 Å². The van der Waals surface area contributed by atoms with Gasteiger partial charge in [0.25, 0.3) is 5.91 Å². The van der Waals surface area contributed by atoms with Crippen LogP contribution in [-0.2, 0) is 0 Å². The molecule has 0 aliphatic carbocycles. The predicted molar refractivity (Wildman–Crippen MR) is 74.3 cm³/mol. The zero-order valence-electron chi connectivity index (χ0n) is 10.4. The van der Waals surface area contributed by atoms with Gasteiger partial charge >= 0.3 is 5.97 Å². The molecule has 0 saturated carbocycles. The minimum Gasteiger partial charge on any atom is -0.507 e. The van der Waals surface area contributed by atoms with Gasteiger partial charge in [-0.25, -0.2) is 9.78 Å². The number of aromatic carboxylic acids is 1. The maximum Gasteiger partial charge on any atom is 0.339 e. The summed E-state index contributed by atoms with van der Waals surface area (Å²) in [7, 11) is 0. The molecule has 0 saturated heterocycles. The molecule has 7 nitrogen and oxygen atoms in total. The molecule has 104 valence electrons. The Balaban J connectivity index is 2.22. The van der Waals surface area contributed by atoms with Gasteiger partial charge in [-0.3, -0.25) is 4.79 Å². The molecule has 0 fully saturated rings. The number of nitrogen functional groups attached to an aromatic ring is 1. The van der Waals surface area contributed by atoms with E-state index in [1.807, 2.05) is 0 Å². The molecule has 0 radical (unpaired) electrons. The van der Waals surface area contributed by atoms with Crippen LogP contribution in [0.25, 0.3) is 0 Å². The summed E-state index contributed by atoms with van der Waals surface area (Å²) in [4.78, 5) is 27.0. The molecule has 1 aromatic carbocycles. The SMILES string of the molecule is Cc1nc(N)sc1C(=O)Nc1ccc(C(=O)O)c(O)c1. The third-order valence-corrected chi connectivity index (χ3v) is 3.49. The average molecular weight is 293 g/mol. The summed E-state index contributed by atoms with van der Waals surface area (Å²) in [5.74, 6) is -2.08. The second-order valence-electron chi connectivity index (χ2n) is 3.96. The van der Waals surface area contributed by atoms with Crippen molar-refractivity contribution in [2.75, 3.05) is 11.1 Å². The van der Waals surface area contributed by atoms with Gasteiger partial charge in [0.1, 0.15) is 16.2 Å². The van der Waals surface area contributed by atoms with Crippen molar-refractivity contribution in [3.05, 3.63) is 34.3 Å². The topological polar surface area (TPSA) is 126 Å². The first-order valence-corrected chi connectivity index (χ1v) is 6.30. The van der Waals surface area contributed by atoms with Gasteiger partial charge in [-0.1, -0.05) is 11.3 Å². The third kappa shape index (κ3) is 2.69. The molecular formula is C12H11N3O4S. The molecule has 2 aromatic rings. The fraction of sp³-hybridized carbons (Fsp3) is 0.0833. The number of amides is 1. The fourth-order valence-corrected chi connectivity index (χ4v) is 2.33. The summed E-state index contributed by atoms with van der Waals surface area (Å²) < 4.78 is 0. The van der Waals surface area contributed by atoms with Crippen molar-refractivity contribution in [1.82, 2.24) is 4.98 Å². The molecule has 8 heteroatoms. The standard InChI is InChI=1S/C12H11N3O4S/c1-5-9(20-12(13)14-5)10(17)15-6-2-3-7(11(18)19)8(16)4-6/h2-4,16H,1H3,(H2,13,14)(H,15,17)(H,18,19). The average Bonchev–Trinajstić information content (AvgIpc) is 2.68. The fourth-order valence-electron chi connectivity index (χ4n) is 1.61. The number of phenols is 1. The lowest BCUT2D eigenvalue weighted by Crippen LogP contribution is -2.11. The van der Waals surface area contributed by atoms with Crippen LogP contribution < -0.4 is 11.1 Å². The molecule has 1 amide bonds. The Hall–Kier alpha value is -2.61. The van der Waals surface area contributed by atoms with Crippen LogP contribution in [-0.4, -0.2) is 27.1 Å². The van der Waals surface area contributed by atoms with Crippen LogP contribution in [0.3, 0.4) is 0 Å². The molecule has 1 heterocycles. The van der Waals surface area contributed by atoms with E-state index in [1.54, 1.807) is 6.92 Å². The van der Waals surface area contributed by atoms with Crippen LogP contribution >= 0.6 is 11.3 Å². The number of nitrogens with two attached hydrogens (primary N) is 1. The highest BCUT2D eigenvalue weighted by atomic mass is 32.1. The highest BCUT2D eigenvalue weighted by Crippen LogP contribution is 2.24. The van der Waals surface area contributed by atoms with E-state index in [0.29, 0.717) is 10.6 Å². The molecule has 0 aliphatic rings. The molecule has 5 N–H and O–H groups in total. The normalized spacial score (nSPS) is 10.2. The van der Waals surface area contributed by atoms with Crippen molar-refractivity contribution >= 4 is 34.0 Å². The molecule has 0 bridgehead atoms. The van der Waals surface area contributed by atoms with Gasteiger partial charge in [-0.2, -0.15) is 0 Å². The van der Waals surface area contributed by atoms with Crippen molar-refractivity contribution in [3.63, 3.8) is 0 Å². The number of nitrogens with one attached hydrogen (secondary N) is 1. The van der Waals surface area contributed by atoms with E-state index in [9.17, 15) is 14.7 Å². The molecule has 20 heavy (non-hydrogen) atoms. The lowest BCUT2D eigenvalue weighted by atomic mass is 10.2. The number of carbonyl (C=O) groups is 2. The van der Waals surface area contributed by atoms with Crippen molar-refractivity contribution in [3.8, 4) is 5.75 Å². The first kappa shape index (κ1) is 13.8. The van der Waals surface area contributed by atoms with Crippen LogP contribution in [0.5, 0.6) is 5.75 Å². The Bertz CT molecular complexity index is 696. The number of anilines is 2. The molecule has 0 spiro atoms. The highest BCUT2D eigenvalue weighted by Gasteiger charge is 2.16. The van der Waals surface area contributed by atoms with Gasteiger partial charge in [-0.05, 0) is 19.1 Å². The van der Waals surface area contributed by atoms with Crippen LogP contribution in [0.4, 0.5) is 10.8 Å². The smallest absolute Gasteiger partial charge is 0.339 e. The minimum atomic E-state index is -1.24. The summed E-state index contributed by atoms with van der Waals surface area (Å²) in [6.07, 6.45) is 0. The third-order valence-electron chi connectivity index (χ3n) is 2.51. The number of carbonyl (C=O) groups excluding carboxylic acids is 1. The highest BCUT2D eigenvalue weighted by molar-refractivity contribution is 7.17. The van der Waals surface area contributed by atoms with Gasteiger partial charge in [-0.15, -0.1) is 0 Å². The predicted octanol–water partition coefficient (Wildman–Crippen LogP) is 1.69. The summed E-state index contributed by atoms with van der Waals surface area (Å²) >= 11 is 1.05. The maximum absolute atomic E-state index is 12.0. The number of nitrogens with zero attached hydrogens (tertiary/aromatic N) is 1. The van der Waals surface area contributed by atoms with E-state index in [1.165, 1.54) is 18.2 Å². The zero-order chi connectivity index (χ0) is 14.9. The van der Waals surface area contributed by atoms with Crippen LogP contribution in [0.1, 0.15) is 25.7 Å². The van der Waals surface area contributed by atoms with E-state index in [4.69, 9.17) is 10.8 Å². The Morgan fingerprint density at radius 2 is 2.10 bits per heavy atom. The number of carboxylic acid groups (broad SMARTS) is 1. The number of hydrogen-bond donors (Lipinski definition) is 4. The lowest BCUT2D eigenvalue weighted by molar-refractivity contribution is 0.0693. The van der Waals surface area contributed by atoms with Crippen LogP contribution in [0.15, 0.2) is 18.2 Å². The van der Waals surface area contributed by atoms with Crippen LogP contribution in [0.2, 0.25) is 0 Å². The van der Waals surface area contributed by atoms with E-state index >= 15 is 0 Å². The summed E-state index contributed by atoms with van der Waals surface area (Å²) in [5.41, 5.74) is 6.07. The van der Waals surface area contributed by atoms with Gasteiger partial charge in [0.05, 0.1) is 5.69 Å². The summed E-state index contributed by atoms with van der Waals surface area (Å²) in [5, 5.41) is 21.2. The van der Waals surface area contributed by atoms with E-state index < -0.39 is 17.6 Å². The Morgan fingerprint density at radius 3 is 2.60 bits per heavy atom. The first-order valence-electron chi connectivity index (χ1n) is 5.49. The minimum absolute atomic E-state index is 0.235. The second kappa shape index (κ2) is 5.17. The first-order chi connectivity index (χ1) is 9.38. The molecule has 0 aliphatic heterocycles. The largest absolute Gasteiger partial charge is 0.507 e. The molecular weight excluding hydrogens is 282 g/mol. The van der Waals surface area contributed by atoms with Gasteiger partial charge in [0.15, 0.2) is 5.13 Å². The monoisotopic (exact) mass is 293 g/mol. The number of carboxylic acids is 1. The van der Waals surface area contributed by atoms with E-state index in [2.05, 4.69) is 10.3 Å². The van der Waals surface area contributed by atoms with E-state index in [-0.39, 0.29) is 16.4 Å². The van der Waals surface area contributed by atoms with Gasteiger partial charge < -0.3 is 21.3 Å². The number of benzene rings is 1. The Kier molecular flexibility index (Phi) is 3.57. The summed E-state index contributed by atoms with van der Waals surface area (Å²) in [6, 6.07) is 3.77. The lowest BCUT2D eigenvalue weighted by Gasteiger charge is -2.06. The molecule has 0 unspecified atom stereocenters. The quantitative estimate of drug-likeness (QED) is 0.682. The molecule has 2 rings (SSSR count). The maximum atomic E-state index is 12.0. The number of aromatic nitrogens is 1.